The molecule has 1 saturated carbocycles. The van der Waals surface area contributed by atoms with Crippen LogP contribution in [-0.2, 0) is 4.79 Å². The first kappa shape index (κ1) is 15.4. The summed E-state index contributed by atoms with van der Waals surface area (Å²) < 4.78 is 0. The van der Waals surface area contributed by atoms with Crippen molar-refractivity contribution in [2.45, 2.75) is 51.0 Å². The van der Waals surface area contributed by atoms with Gasteiger partial charge in [0.25, 0.3) is 0 Å². The van der Waals surface area contributed by atoms with E-state index in [0.717, 1.165) is 19.0 Å². The molecule has 2 unspecified atom stereocenters. The van der Waals surface area contributed by atoms with Crippen LogP contribution >= 0.6 is 0 Å². The number of hydrogen-bond donors (Lipinski definition) is 2. The smallest absolute Gasteiger partial charge is 0.303 e. The number of carboxylic acid groups (broad SMARTS) is 1. The zero-order chi connectivity index (χ0) is 13.6. The first-order valence-corrected chi connectivity index (χ1v) is 7.06. The second kappa shape index (κ2) is 7.10. The minimum Gasteiger partial charge on any atom is -0.481 e. The lowest BCUT2D eigenvalue weighted by atomic mass is 9.75. The van der Waals surface area contributed by atoms with Gasteiger partial charge in [0.05, 0.1) is 0 Å². The van der Waals surface area contributed by atoms with E-state index >= 15 is 0 Å². The van der Waals surface area contributed by atoms with E-state index in [1.165, 1.54) is 25.7 Å². The van der Waals surface area contributed by atoms with E-state index in [1.54, 1.807) is 0 Å². The molecule has 0 heterocycles. The van der Waals surface area contributed by atoms with Gasteiger partial charge in [-0.2, -0.15) is 0 Å². The second-order valence-corrected chi connectivity index (χ2v) is 5.99. The SMILES string of the molecule is CC1CCCC(CNCCCC(=O)O)(N(C)C)C1. The number of rotatable bonds is 7. The Morgan fingerprint density at radius 2 is 2.22 bits per heavy atom. The molecule has 2 N–H and O–H groups in total. The van der Waals surface area contributed by atoms with Crippen molar-refractivity contribution in [2.24, 2.45) is 5.92 Å². The van der Waals surface area contributed by atoms with Crippen LogP contribution in [0.4, 0.5) is 0 Å². The largest absolute Gasteiger partial charge is 0.481 e. The van der Waals surface area contributed by atoms with Gasteiger partial charge >= 0.3 is 5.97 Å². The highest BCUT2D eigenvalue weighted by Crippen LogP contribution is 2.35. The van der Waals surface area contributed by atoms with Gasteiger partial charge in [-0.1, -0.05) is 19.8 Å². The molecule has 0 aromatic heterocycles. The van der Waals surface area contributed by atoms with Crippen LogP contribution in [0.5, 0.6) is 0 Å². The molecule has 0 saturated heterocycles. The van der Waals surface area contributed by atoms with E-state index in [1.807, 2.05) is 0 Å². The molecule has 18 heavy (non-hydrogen) atoms. The van der Waals surface area contributed by atoms with Crippen molar-refractivity contribution < 1.29 is 9.90 Å². The standard InChI is InChI=1S/C14H28N2O2/c1-12-6-4-8-14(10-12,16(2)3)11-15-9-5-7-13(17)18/h12,15H,4-11H2,1-3H3,(H,17,18). The topological polar surface area (TPSA) is 52.6 Å². The van der Waals surface area contributed by atoms with Gasteiger partial charge in [0.2, 0.25) is 0 Å². The van der Waals surface area contributed by atoms with Crippen molar-refractivity contribution in [2.75, 3.05) is 27.2 Å². The maximum atomic E-state index is 10.4. The van der Waals surface area contributed by atoms with Crippen LogP contribution in [0.1, 0.15) is 45.4 Å². The normalized spacial score (nSPS) is 28.6. The van der Waals surface area contributed by atoms with Crippen molar-refractivity contribution in [3.05, 3.63) is 0 Å². The summed E-state index contributed by atoms with van der Waals surface area (Å²) in [6.07, 6.45) is 6.11. The number of nitrogens with zero attached hydrogens (tertiary/aromatic N) is 1. The Bertz CT molecular complexity index is 269. The van der Waals surface area contributed by atoms with Gasteiger partial charge in [-0.05, 0) is 45.8 Å². The number of aliphatic carboxylic acids is 1. The van der Waals surface area contributed by atoms with Crippen LogP contribution in [0, 0.1) is 5.92 Å². The van der Waals surface area contributed by atoms with E-state index in [4.69, 9.17) is 5.11 Å². The fraction of sp³-hybridized carbons (Fsp3) is 0.929. The minimum absolute atomic E-state index is 0.262. The van der Waals surface area contributed by atoms with Crippen LogP contribution in [0.2, 0.25) is 0 Å². The first-order valence-electron chi connectivity index (χ1n) is 7.06. The van der Waals surface area contributed by atoms with Gasteiger partial charge in [0.15, 0.2) is 0 Å². The lowest BCUT2D eigenvalue weighted by Gasteiger charge is -2.45. The third kappa shape index (κ3) is 4.58. The number of hydrogen-bond acceptors (Lipinski definition) is 3. The van der Waals surface area contributed by atoms with Crippen molar-refractivity contribution in [3.8, 4) is 0 Å². The molecule has 0 aromatic carbocycles. The molecule has 1 fully saturated rings. The van der Waals surface area contributed by atoms with Crippen LogP contribution in [0.3, 0.4) is 0 Å². The molecule has 0 aromatic rings. The van der Waals surface area contributed by atoms with Crippen LogP contribution in [0.15, 0.2) is 0 Å². The molecular weight excluding hydrogens is 228 g/mol. The Hall–Kier alpha value is -0.610. The summed E-state index contributed by atoms with van der Waals surface area (Å²) in [5, 5.41) is 12.0. The molecule has 2 atom stereocenters. The first-order chi connectivity index (χ1) is 8.46. The molecule has 0 bridgehead atoms. The molecule has 1 aliphatic carbocycles. The molecule has 1 rings (SSSR count). The van der Waals surface area contributed by atoms with Crippen LogP contribution in [-0.4, -0.2) is 48.7 Å². The van der Waals surface area contributed by atoms with Gasteiger partial charge in [-0.3, -0.25) is 4.79 Å². The molecule has 106 valence electrons. The predicted octanol–water partition coefficient (Wildman–Crippen LogP) is 1.95. The zero-order valence-corrected chi connectivity index (χ0v) is 12.0. The summed E-state index contributed by atoms with van der Waals surface area (Å²) >= 11 is 0. The van der Waals surface area contributed by atoms with E-state index < -0.39 is 5.97 Å². The van der Waals surface area contributed by atoms with Crippen molar-refractivity contribution in [3.63, 3.8) is 0 Å². The van der Waals surface area contributed by atoms with E-state index in [0.29, 0.717) is 6.42 Å². The summed E-state index contributed by atoms with van der Waals surface area (Å²) in [4.78, 5) is 12.8. The minimum atomic E-state index is -0.703. The van der Waals surface area contributed by atoms with Gasteiger partial charge in [0, 0.05) is 18.5 Å². The van der Waals surface area contributed by atoms with E-state index in [2.05, 4.69) is 31.2 Å². The fourth-order valence-corrected chi connectivity index (χ4v) is 3.04. The Labute approximate surface area is 111 Å². The fourth-order valence-electron chi connectivity index (χ4n) is 3.04. The molecule has 4 nitrogen and oxygen atoms in total. The van der Waals surface area contributed by atoms with E-state index in [-0.39, 0.29) is 12.0 Å². The zero-order valence-electron chi connectivity index (χ0n) is 12.0. The molecule has 1 aliphatic rings. The van der Waals surface area contributed by atoms with E-state index in [9.17, 15) is 4.79 Å². The Kier molecular flexibility index (Phi) is 6.09. The lowest BCUT2D eigenvalue weighted by Crippen LogP contribution is -2.54. The van der Waals surface area contributed by atoms with Crippen molar-refractivity contribution in [1.82, 2.24) is 10.2 Å². The molecule has 0 spiro atoms. The predicted molar refractivity (Wildman–Crippen MR) is 73.8 cm³/mol. The maximum absolute atomic E-state index is 10.4. The third-order valence-electron chi connectivity index (χ3n) is 4.21. The summed E-state index contributed by atoms with van der Waals surface area (Å²) in [5.74, 6) is 0.0902. The van der Waals surface area contributed by atoms with Crippen molar-refractivity contribution >= 4 is 5.97 Å². The van der Waals surface area contributed by atoms with Crippen LogP contribution < -0.4 is 5.32 Å². The maximum Gasteiger partial charge on any atom is 0.303 e. The van der Waals surface area contributed by atoms with Gasteiger partial charge in [0.1, 0.15) is 0 Å². The molecule has 0 aliphatic heterocycles. The van der Waals surface area contributed by atoms with Gasteiger partial charge in [-0.25, -0.2) is 0 Å². The summed E-state index contributed by atoms with van der Waals surface area (Å²) in [7, 11) is 4.33. The molecular formula is C14H28N2O2. The average Bonchev–Trinajstić information content (AvgIpc) is 2.28. The second-order valence-electron chi connectivity index (χ2n) is 5.99. The summed E-state index contributed by atoms with van der Waals surface area (Å²) in [5.41, 5.74) is 0.265. The van der Waals surface area contributed by atoms with Gasteiger partial charge < -0.3 is 15.3 Å². The van der Waals surface area contributed by atoms with Crippen molar-refractivity contribution in [1.29, 1.82) is 0 Å². The summed E-state index contributed by atoms with van der Waals surface area (Å²) in [6, 6.07) is 0. The average molecular weight is 256 g/mol. The highest BCUT2D eigenvalue weighted by molar-refractivity contribution is 5.66. The van der Waals surface area contributed by atoms with Crippen LogP contribution in [0.25, 0.3) is 0 Å². The Morgan fingerprint density at radius 3 is 2.78 bits per heavy atom. The molecule has 0 amide bonds. The molecule has 0 radical (unpaired) electrons. The summed E-state index contributed by atoms with van der Waals surface area (Å²) in [6.45, 7) is 4.11. The number of carboxylic acids is 1. The Balaban J connectivity index is 2.36. The number of carbonyl (C=O) groups is 1. The highest BCUT2D eigenvalue weighted by atomic mass is 16.4. The highest BCUT2D eigenvalue weighted by Gasteiger charge is 2.36. The number of likely N-dealkylation sites (N-methyl/N-ethyl adjacent to an activating group) is 1. The lowest BCUT2D eigenvalue weighted by molar-refractivity contribution is -0.137. The monoisotopic (exact) mass is 256 g/mol. The molecule has 4 heteroatoms. The quantitative estimate of drug-likeness (QED) is 0.684. The Morgan fingerprint density at radius 1 is 1.50 bits per heavy atom. The number of nitrogens with one attached hydrogen (secondary N) is 1. The van der Waals surface area contributed by atoms with Gasteiger partial charge in [-0.15, -0.1) is 0 Å². The third-order valence-corrected chi connectivity index (χ3v) is 4.21.